The number of allylic oxidation sites excluding steroid dienone is 1. The highest BCUT2D eigenvalue weighted by molar-refractivity contribution is 5.81. The van der Waals surface area contributed by atoms with Crippen LogP contribution in [-0.2, 0) is 6.54 Å². The minimum Gasteiger partial charge on any atom is -0.313 e. The van der Waals surface area contributed by atoms with Gasteiger partial charge in [0.15, 0.2) is 0 Å². The van der Waals surface area contributed by atoms with Gasteiger partial charge in [-0.25, -0.2) is 0 Å². The van der Waals surface area contributed by atoms with Crippen LogP contribution in [-0.4, -0.2) is 11.5 Å². The first-order valence-electron chi connectivity index (χ1n) is 7.06. The highest BCUT2D eigenvalue weighted by Crippen LogP contribution is 2.15. The summed E-state index contributed by atoms with van der Waals surface area (Å²) in [7, 11) is 0. The molecular formula is C17H22N2. The van der Waals surface area contributed by atoms with Gasteiger partial charge in [-0.05, 0) is 37.4 Å². The first-order valence-corrected chi connectivity index (χ1v) is 7.06. The van der Waals surface area contributed by atoms with Crippen LogP contribution in [0.5, 0.6) is 0 Å². The number of nitrogens with one attached hydrogen (secondary N) is 1. The average Bonchev–Trinajstić information content (AvgIpc) is 2.46. The quantitative estimate of drug-likeness (QED) is 0.567. The van der Waals surface area contributed by atoms with Gasteiger partial charge in [-0.2, -0.15) is 0 Å². The van der Waals surface area contributed by atoms with E-state index in [1.165, 1.54) is 30.2 Å². The van der Waals surface area contributed by atoms with Crippen LogP contribution >= 0.6 is 0 Å². The van der Waals surface area contributed by atoms with Crippen LogP contribution < -0.4 is 5.32 Å². The topological polar surface area (TPSA) is 24.9 Å². The standard InChI is InChI=1S/C17H22N2/c1-2-3-4-5-6-12-18-14-16-10-7-9-15-11-8-13-19-17(15)16/h2,7-11,13,18H,1,3-6,12,14H2. The summed E-state index contributed by atoms with van der Waals surface area (Å²) in [4.78, 5) is 4.47. The first-order chi connectivity index (χ1) is 9.42. The molecule has 0 saturated heterocycles. The molecule has 1 heterocycles. The molecule has 1 aromatic heterocycles. The molecule has 19 heavy (non-hydrogen) atoms. The molecular weight excluding hydrogens is 232 g/mol. The van der Waals surface area contributed by atoms with Gasteiger partial charge in [0.05, 0.1) is 5.52 Å². The molecule has 0 radical (unpaired) electrons. The van der Waals surface area contributed by atoms with Crippen molar-refractivity contribution in [3.63, 3.8) is 0 Å². The van der Waals surface area contributed by atoms with Crippen molar-refractivity contribution in [2.45, 2.75) is 32.2 Å². The Bertz CT molecular complexity index is 514. The Labute approximate surface area is 115 Å². The van der Waals surface area contributed by atoms with Crippen molar-refractivity contribution >= 4 is 10.9 Å². The highest BCUT2D eigenvalue weighted by atomic mass is 14.8. The number of hydrogen-bond acceptors (Lipinski definition) is 2. The number of para-hydroxylation sites is 1. The number of unbranched alkanes of at least 4 members (excludes halogenated alkanes) is 3. The van der Waals surface area contributed by atoms with Crippen LogP contribution in [0.2, 0.25) is 0 Å². The molecule has 1 aromatic carbocycles. The van der Waals surface area contributed by atoms with Crippen LogP contribution in [0.25, 0.3) is 10.9 Å². The van der Waals surface area contributed by atoms with E-state index < -0.39 is 0 Å². The number of hydrogen-bond donors (Lipinski definition) is 1. The van der Waals surface area contributed by atoms with Crippen molar-refractivity contribution in [1.29, 1.82) is 0 Å². The summed E-state index contributed by atoms with van der Waals surface area (Å²) in [5.74, 6) is 0. The molecule has 0 fully saturated rings. The lowest BCUT2D eigenvalue weighted by molar-refractivity contribution is 0.607. The highest BCUT2D eigenvalue weighted by Gasteiger charge is 2.00. The van der Waals surface area contributed by atoms with E-state index in [0.717, 1.165) is 25.0 Å². The maximum atomic E-state index is 4.47. The molecule has 0 unspecified atom stereocenters. The van der Waals surface area contributed by atoms with Crippen molar-refractivity contribution < 1.29 is 0 Å². The molecule has 0 aliphatic heterocycles. The maximum Gasteiger partial charge on any atom is 0.0746 e. The lowest BCUT2D eigenvalue weighted by atomic mass is 10.1. The zero-order valence-corrected chi connectivity index (χ0v) is 11.4. The van der Waals surface area contributed by atoms with E-state index in [0.29, 0.717) is 0 Å². The van der Waals surface area contributed by atoms with Crippen molar-refractivity contribution in [2.75, 3.05) is 6.54 Å². The fourth-order valence-electron chi connectivity index (χ4n) is 2.25. The van der Waals surface area contributed by atoms with Crippen molar-refractivity contribution in [2.24, 2.45) is 0 Å². The minimum atomic E-state index is 0.899. The van der Waals surface area contributed by atoms with E-state index in [4.69, 9.17) is 0 Å². The Kier molecular flexibility index (Phi) is 5.57. The van der Waals surface area contributed by atoms with Gasteiger partial charge >= 0.3 is 0 Å². The Morgan fingerprint density at radius 2 is 2.00 bits per heavy atom. The second-order valence-electron chi connectivity index (χ2n) is 4.81. The maximum absolute atomic E-state index is 4.47. The lowest BCUT2D eigenvalue weighted by Gasteiger charge is -2.07. The Morgan fingerprint density at radius 1 is 1.11 bits per heavy atom. The van der Waals surface area contributed by atoms with E-state index in [1.54, 1.807) is 0 Å². The van der Waals surface area contributed by atoms with Crippen LogP contribution in [0.15, 0.2) is 49.2 Å². The third-order valence-electron chi connectivity index (χ3n) is 3.29. The summed E-state index contributed by atoms with van der Waals surface area (Å²) in [6.07, 6.45) is 8.74. The van der Waals surface area contributed by atoms with Crippen LogP contribution in [0, 0.1) is 0 Å². The average molecular weight is 254 g/mol. The molecule has 0 spiro atoms. The number of benzene rings is 1. The number of rotatable bonds is 8. The first kappa shape index (κ1) is 13.8. The van der Waals surface area contributed by atoms with Gasteiger partial charge < -0.3 is 5.32 Å². The number of pyridine rings is 1. The molecule has 0 amide bonds. The van der Waals surface area contributed by atoms with Crippen molar-refractivity contribution in [1.82, 2.24) is 10.3 Å². The lowest BCUT2D eigenvalue weighted by Crippen LogP contribution is -2.15. The van der Waals surface area contributed by atoms with E-state index in [9.17, 15) is 0 Å². The fourth-order valence-corrected chi connectivity index (χ4v) is 2.25. The monoisotopic (exact) mass is 254 g/mol. The third-order valence-corrected chi connectivity index (χ3v) is 3.29. The smallest absolute Gasteiger partial charge is 0.0746 e. The molecule has 0 atom stereocenters. The molecule has 2 rings (SSSR count). The van der Waals surface area contributed by atoms with Gasteiger partial charge in [0.1, 0.15) is 0 Å². The summed E-state index contributed by atoms with van der Waals surface area (Å²) in [5.41, 5.74) is 2.40. The number of nitrogens with zero attached hydrogens (tertiary/aromatic N) is 1. The molecule has 0 saturated carbocycles. The number of aromatic nitrogens is 1. The van der Waals surface area contributed by atoms with Gasteiger partial charge in [0, 0.05) is 18.1 Å². The van der Waals surface area contributed by atoms with Crippen LogP contribution in [0.3, 0.4) is 0 Å². The summed E-state index contributed by atoms with van der Waals surface area (Å²) in [6.45, 7) is 5.71. The van der Waals surface area contributed by atoms with E-state index in [1.807, 2.05) is 18.3 Å². The van der Waals surface area contributed by atoms with Gasteiger partial charge in [-0.15, -0.1) is 6.58 Å². The van der Waals surface area contributed by atoms with E-state index >= 15 is 0 Å². The predicted molar refractivity (Wildman–Crippen MR) is 82.1 cm³/mol. The fraction of sp³-hybridized carbons (Fsp3) is 0.353. The van der Waals surface area contributed by atoms with Crippen LogP contribution in [0.4, 0.5) is 0 Å². The SMILES string of the molecule is C=CCCCCCNCc1cccc2cccnc12. The minimum absolute atomic E-state index is 0.899. The Morgan fingerprint density at radius 3 is 2.89 bits per heavy atom. The third kappa shape index (κ3) is 4.18. The second kappa shape index (κ2) is 7.70. The van der Waals surface area contributed by atoms with E-state index in [2.05, 4.69) is 41.1 Å². The summed E-state index contributed by atoms with van der Waals surface area (Å²) in [5, 5.41) is 4.72. The molecule has 0 aliphatic carbocycles. The van der Waals surface area contributed by atoms with Crippen molar-refractivity contribution in [3.8, 4) is 0 Å². The summed E-state index contributed by atoms with van der Waals surface area (Å²) in [6, 6.07) is 10.5. The molecule has 100 valence electrons. The molecule has 0 bridgehead atoms. The largest absolute Gasteiger partial charge is 0.313 e. The normalized spacial score (nSPS) is 10.7. The van der Waals surface area contributed by atoms with Gasteiger partial charge in [0.2, 0.25) is 0 Å². The van der Waals surface area contributed by atoms with Crippen molar-refractivity contribution in [3.05, 3.63) is 54.7 Å². The molecule has 2 heteroatoms. The van der Waals surface area contributed by atoms with E-state index in [-0.39, 0.29) is 0 Å². The number of fused-ring (bicyclic) bond motifs is 1. The molecule has 2 nitrogen and oxygen atoms in total. The predicted octanol–water partition coefficient (Wildman–Crippen LogP) is 4.07. The summed E-state index contributed by atoms with van der Waals surface area (Å²) < 4.78 is 0. The van der Waals surface area contributed by atoms with Gasteiger partial charge in [0.25, 0.3) is 0 Å². The molecule has 0 aliphatic rings. The van der Waals surface area contributed by atoms with Gasteiger partial charge in [-0.3, -0.25) is 4.98 Å². The zero-order valence-electron chi connectivity index (χ0n) is 11.4. The van der Waals surface area contributed by atoms with Crippen LogP contribution in [0.1, 0.15) is 31.2 Å². The zero-order chi connectivity index (χ0) is 13.3. The molecule has 1 N–H and O–H groups in total. The Hall–Kier alpha value is -1.67. The second-order valence-corrected chi connectivity index (χ2v) is 4.81. The Balaban J connectivity index is 1.80. The molecule has 2 aromatic rings. The van der Waals surface area contributed by atoms with Gasteiger partial charge in [-0.1, -0.05) is 36.8 Å². The summed E-state index contributed by atoms with van der Waals surface area (Å²) >= 11 is 0.